The molecule has 10 nitrogen and oxygen atoms in total. The summed E-state index contributed by atoms with van der Waals surface area (Å²) in [6.07, 6.45) is 3.46. The van der Waals surface area contributed by atoms with Crippen LogP contribution >= 0.6 is 0 Å². The molecule has 1 saturated heterocycles. The van der Waals surface area contributed by atoms with E-state index in [1.807, 2.05) is 13.0 Å². The number of fused-ring (bicyclic) bond motifs is 1. The van der Waals surface area contributed by atoms with Crippen molar-refractivity contribution in [3.63, 3.8) is 0 Å². The lowest BCUT2D eigenvalue weighted by molar-refractivity contribution is 0.0936. The van der Waals surface area contributed by atoms with Gasteiger partial charge in [0.1, 0.15) is 12.1 Å². The van der Waals surface area contributed by atoms with Crippen LogP contribution in [0.4, 0.5) is 11.8 Å². The van der Waals surface area contributed by atoms with Gasteiger partial charge in [-0.05, 0) is 19.8 Å². The number of aromatic nitrogens is 5. The molecule has 2 aromatic rings. The molecule has 1 fully saturated rings. The molecule has 0 unspecified atom stereocenters. The van der Waals surface area contributed by atoms with Crippen molar-refractivity contribution in [1.82, 2.24) is 30.0 Å². The number of anilines is 2. The van der Waals surface area contributed by atoms with E-state index in [1.54, 1.807) is 18.1 Å². The molecule has 0 radical (unpaired) electrons. The van der Waals surface area contributed by atoms with Crippen LogP contribution < -0.4 is 15.5 Å². The minimum absolute atomic E-state index is 0.0866. The fourth-order valence-electron chi connectivity index (χ4n) is 3.56. The van der Waals surface area contributed by atoms with Gasteiger partial charge in [0.15, 0.2) is 0 Å². The summed E-state index contributed by atoms with van der Waals surface area (Å²) in [4.78, 5) is 27.5. The molecular weight excluding hydrogens is 348 g/mol. The van der Waals surface area contributed by atoms with Crippen LogP contribution in [0.3, 0.4) is 0 Å². The van der Waals surface area contributed by atoms with E-state index < -0.39 is 0 Å². The molecule has 4 heterocycles. The van der Waals surface area contributed by atoms with Crippen LogP contribution in [0, 0.1) is 6.92 Å². The molecule has 27 heavy (non-hydrogen) atoms. The number of amides is 1. The van der Waals surface area contributed by atoms with Crippen LogP contribution in [0.1, 0.15) is 29.2 Å². The second-order valence-corrected chi connectivity index (χ2v) is 6.89. The van der Waals surface area contributed by atoms with Gasteiger partial charge in [0.05, 0.1) is 12.1 Å². The fourth-order valence-corrected chi connectivity index (χ4v) is 3.56. The number of carbonyl (C=O) groups is 1. The molecule has 0 spiro atoms. The van der Waals surface area contributed by atoms with E-state index in [9.17, 15) is 4.79 Å². The Kier molecular flexibility index (Phi) is 4.88. The van der Waals surface area contributed by atoms with Crippen molar-refractivity contribution in [2.45, 2.75) is 38.5 Å². The second-order valence-electron chi connectivity index (χ2n) is 6.89. The lowest BCUT2D eigenvalue weighted by atomic mass is 10.2. The van der Waals surface area contributed by atoms with Gasteiger partial charge in [-0.15, -0.1) is 5.10 Å². The van der Waals surface area contributed by atoms with Gasteiger partial charge in [0, 0.05) is 45.0 Å². The predicted molar refractivity (Wildman–Crippen MR) is 98.8 cm³/mol. The number of ether oxygens (including phenoxy) is 1. The highest BCUT2D eigenvalue weighted by Gasteiger charge is 2.33. The minimum atomic E-state index is -0.265. The third-order valence-electron chi connectivity index (χ3n) is 5.00. The average molecular weight is 372 g/mol. The maximum absolute atomic E-state index is 12.5. The molecule has 2 aromatic heterocycles. The van der Waals surface area contributed by atoms with Crippen molar-refractivity contribution < 1.29 is 9.53 Å². The molecule has 4 rings (SSSR count). The largest absolute Gasteiger partial charge is 0.380 e. The lowest BCUT2D eigenvalue weighted by Gasteiger charge is -2.25. The average Bonchev–Trinajstić information content (AvgIpc) is 3.30. The number of nitrogens with one attached hydrogen (secondary N) is 2. The summed E-state index contributed by atoms with van der Waals surface area (Å²) in [5.41, 5.74) is 0.906. The summed E-state index contributed by atoms with van der Waals surface area (Å²) in [5.74, 6) is 1.44. The van der Waals surface area contributed by atoms with Gasteiger partial charge < -0.3 is 20.3 Å². The van der Waals surface area contributed by atoms with Crippen LogP contribution in [-0.4, -0.2) is 69.5 Å². The Morgan fingerprint density at radius 2 is 2.33 bits per heavy atom. The molecule has 0 bridgehead atoms. The van der Waals surface area contributed by atoms with Crippen molar-refractivity contribution in [3.8, 4) is 0 Å². The smallest absolute Gasteiger partial charge is 0.291 e. The summed E-state index contributed by atoms with van der Waals surface area (Å²) in [5, 5.41) is 10.4. The first-order chi connectivity index (χ1) is 13.1. The van der Waals surface area contributed by atoms with Gasteiger partial charge in [-0.25, -0.2) is 14.6 Å². The monoisotopic (exact) mass is 372 g/mol. The van der Waals surface area contributed by atoms with Crippen LogP contribution in [0.2, 0.25) is 0 Å². The van der Waals surface area contributed by atoms with Gasteiger partial charge >= 0.3 is 0 Å². The Labute approximate surface area is 157 Å². The van der Waals surface area contributed by atoms with E-state index in [4.69, 9.17) is 4.74 Å². The topological polar surface area (TPSA) is 110 Å². The number of hydrogen-bond donors (Lipinski definition) is 2. The number of hydrogen-bond acceptors (Lipinski definition) is 8. The number of aryl methyl sites for hydroxylation is 2. The Bertz CT molecular complexity index is 800. The van der Waals surface area contributed by atoms with Crippen LogP contribution in [-0.2, 0) is 11.3 Å². The summed E-state index contributed by atoms with van der Waals surface area (Å²) in [7, 11) is 1.71. The van der Waals surface area contributed by atoms with Gasteiger partial charge in [0.25, 0.3) is 5.91 Å². The summed E-state index contributed by atoms with van der Waals surface area (Å²) in [6.45, 7) is 4.77. The van der Waals surface area contributed by atoms with Crippen molar-refractivity contribution in [3.05, 3.63) is 23.9 Å². The maximum Gasteiger partial charge on any atom is 0.291 e. The molecule has 2 aliphatic heterocycles. The SMILES string of the molecule is CO[C@H]1C[C@@H](CNC(=O)c2nc3n(n2)CCCN3)N(c2cc(C)ncn2)C1. The molecule has 1 amide bonds. The predicted octanol–water partition coefficient (Wildman–Crippen LogP) is 0.216. The van der Waals surface area contributed by atoms with Gasteiger partial charge in [-0.3, -0.25) is 4.79 Å². The summed E-state index contributed by atoms with van der Waals surface area (Å²) >= 11 is 0. The van der Waals surface area contributed by atoms with Crippen molar-refractivity contribution in [1.29, 1.82) is 0 Å². The van der Waals surface area contributed by atoms with Gasteiger partial charge in [-0.1, -0.05) is 0 Å². The van der Waals surface area contributed by atoms with E-state index >= 15 is 0 Å². The molecule has 144 valence electrons. The zero-order valence-corrected chi connectivity index (χ0v) is 15.6. The van der Waals surface area contributed by atoms with Crippen molar-refractivity contribution in [2.75, 3.05) is 37.0 Å². The van der Waals surface area contributed by atoms with E-state index in [1.165, 1.54) is 0 Å². The highest BCUT2D eigenvalue weighted by atomic mass is 16.5. The van der Waals surface area contributed by atoms with E-state index in [2.05, 4.69) is 35.6 Å². The Balaban J connectivity index is 1.43. The minimum Gasteiger partial charge on any atom is -0.380 e. The lowest BCUT2D eigenvalue weighted by Crippen LogP contribution is -2.41. The number of methoxy groups -OCH3 is 1. The van der Waals surface area contributed by atoms with Crippen molar-refractivity contribution in [2.24, 2.45) is 0 Å². The number of carbonyl (C=O) groups excluding carboxylic acids is 1. The summed E-state index contributed by atoms with van der Waals surface area (Å²) in [6, 6.07) is 2.03. The first-order valence-corrected chi connectivity index (χ1v) is 9.19. The van der Waals surface area contributed by atoms with Crippen LogP contribution in [0.5, 0.6) is 0 Å². The van der Waals surface area contributed by atoms with Gasteiger partial charge in [0.2, 0.25) is 11.8 Å². The number of rotatable bonds is 5. The third-order valence-corrected chi connectivity index (χ3v) is 5.00. The first-order valence-electron chi connectivity index (χ1n) is 9.19. The Hall–Kier alpha value is -2.75. The van der Waals surface area contributed by atoms with E-state index in [0.29, 0.717) is 12.5 Å². The molecule has 2 atom stereocenters. The fraction of sp³-hybridized carbons (Fsp3) is 0.588. The van der Waals surface area contributed by atoms with Crippen molar-refractivity contribution >= 4 is 17.7 Å². The first kappa shape index (κ1) is 17.7. The summed E-state index contributed by atoms with van der Waals surface area (Å²) < 4.78 is 7.28. The van der Waals surface area contributed by atoms with E-state index in [-0.39, 0.29) is 23.9 Å². The zero-order chi connectivity index (χ0) is 18.8. The quantitative estimate of drug-likeness (QED) is 0.767. The zero-order valence-electron chi connectivity index (χ0n) is 15.6. The molecule has 0 saturated carbocycles. The van der Waals surface area contributed by atoms with Crippen LogP contribution in [0.25, 0.3) is 0 Å². The standard InChI is InChI=1S/C17H24N8O2/c1-11-6-14(21-10-20-11)24-9-13(27-2)7-12(24)8-19-16(26)15-22-17-18-4-3-5-25(17)23-15/h6,10,12-13H,3-5,7-9H2,1-2H3,(H,19,26)(H,18,22,23)/t12-,13-/m0/s1. The Morgan fingerprint density at radius 3 is 3.11 bits per heavy atom. The number of nitrogens with zero attached hydrogens (tertiary/aromatic N) is 6. The second kappa shape index (κ2) is 7.47. The molecule has 2 N–H and O–H groups in total. The normalized spacial score (nSPS) is 21.6. The maximum atomic E-state index is 12.5. The molecule has 0 aromatic carbocycles. The highest BCUT2D eigenvalue weighted by Crippen LogP contribution is 2.25. The Morgan fingerprint density at radius 1 is 1.44 bits per heavy atom. The van der Waals surface area contributed by atoms with Gasteiger partial charge in [-0.2, -0.15) is 4.98 Å². The molecule has 10 heteroatoms. The molecule has 0 aliphatic carbocycles. The van der Waals surface area contributed by atoms with Crippen LogP contribution in [0.15, 0.2) is 12.4 Å². The molecule has 2 aliphatic rings. The third kappa shape index (κ3) is 3.70. The highest BCUT2D eigenvalue weighted by molar-refractivity contribution is 5.90. The molecular formula is C17H24N8O2. The van der Waals surface area contributed by atoms with E-state index in [0.717, 1.165) is 44.0 Å².